The van der Waals surface area contributed by atoms with Crippen LogP contribution in [0.4, 0.5) is 0 Å². The van der Waals surface area contributed by atoms with Crippen molar-refractivity contribution in [2.24, 2.45) is 5.73 Å². The van der Waals surface area contributed by atoms with Crippen molar-refractivity contribution in [2.45, 2.75) is 6.61 Å². The molecular formula is C17H17NO2. The number of hydrogen-bond acceptors (Lipinski definition) is 3. The number of rotatable bonds is 4. The lowest BCUT2D eigenvalue weighted by Gasteiger charge is -2.08. The fourth-order valence-electron chi connectivity index (χ4n) is 1.75. The average Bonchev–Trinajstić information content (AvgIpc) is 2.51. The van der Waals surface area contributed by atoms with Gasteiger partial charge in [0.25, 0.3) is 0 Å². The van der Waals surface area contributed by atoms with Gasteiger partial charge in [-0.3, -0.25) is 0 Å². The second-order valence-electron chi connectivity index (χ2n) is 4.17. The maximum absolute atomic E-state index is 5.74. The summed E-state index contributed by atoms with van der Waals surface area (Å²) in [5, 5.41) is 0. The highest BCUT2D eigenvalue weighted by molar-refractivity contribution is 5.37. The lowest BCUT2D eigenvalue weighted by molar-refractivity contribution is 0.303. The molecule has 0 bridgehead atoms. The van der Waals surface area contributed by atoms with Crippen LogP contribution < -0.4 is 15.2 Å². The van der Waals surface area contributed by atoms with Crippen LogP contribution in [-0.4, -0.2) is 13.7 Å². The van der Waals surface area contributed by atoms with Crippen LogP contribution in [0.5, 0.6) is 11.5 Å². The minimum absolute atomic E-state index is 0.366. The van der Waals surface area contributed by atoms with Crippen molar-refractivity contribution in [1.29, 1.82) is 0 Å². The molecule has 0 radical (unpaired) electrons. The molecule has 0 atom stereocenters. The third kappa shape index (κ3) is 4.04. The van der Waals surface area contributed by atoms with Gasteiger partial charge in [-0.25, -0.2) is 0 Å². The van der Waals surface area contributed by atoms with Gasteiger partial charge in [-0.1, -0.05) is 30.0 Å². The first-order chi connectivity index (χ1) is 9.81. The van der Waals surface area contributed by atoms with Gasteiger partial charge >= 0.3 is 0 Å². The van der Waals surface area contributed by atoms with E-state index in [1.54, 1.807) is 7.11 Å². The van der Waals surface area contributed by atoms with Gasteiger partial charge in [0, 0.05) is 11.6 Å². The minimum atomic E-state index is 0.366. The van der Waals surface area contributed by atoms with E-state index in [2.05, 4.69) is 11.8 Å². The van der Waals surface area contributed by atoms with Crippen LogP contribution in [0.2, 0.25) is 0 Å². The minimum Gasteiger partial charge on any atom is -0.497 e. The van der Waals surface area contributed by atoms with E-state index in [4.69, 9.17) is 15.2 Å². The van der Waals surface area contributed by atoms with Crippen LogP contribution in [0.3, 0.4) is 0 Å². The summed E-state index contributed by atoms with van der Waals surface area (Å²) in [6, 6.07) is 15.5. The quantitative estimate of drug-likeness (QED) is 0.866. The van der Waals surface area contributed by atoms with Crippen molar-refractivity contribution >= 4 is 0 Å². The number of benzene rings is 2. The number of hydrogen-bond donors (Lipinski definition) is 1. The summed E-state index contributed by atoms with van der Waals surface area (Å²) in [5.41, 5.74) is 7.38. The van der Waals surface area contributed by atoms with Crippen LogP contribution >= 0.6 is 0 Å². The summed E-state index contributed by atoms with van der Waals surface area (Å²) in [5.74, 6) is 7.41. The Balaban J connectivity index is 2.03. The van der Waals surface area contributed by atoms with E-state index in [-0.39, 0.29) is 0 Å². The average molecular weight is 267 g/mol. The summed E-state index contributed by atoms with van der Waals surface area (Å²) in [4.78, 5) is 0. The molecule has 0 aliphatic carbocycles. The molecule has 2 N–H and O–H groups in total. The predicted molar refractivity (Wildman–Crippen MR) is 79.7 cm³/mol. The van der Waals surface area contributed by atoms with Gasteiger partial charge in [0.2, 0.25) is 0 Å². The number of methoxy groups -OCH3 is 1. The Morgan fingerprint density at radius 2 is 1.85 bits per heavy atom. The highest BCUT2D eigenvalue weighted by Gasteiger charge is 1.99. The lowest BCUT2D eigenvalue weighted by Crippen LogP contribution is -1.96. The van der Waals surface area contributed by atoms with Gasteiger partial charge in [-0.15, -0.1) is 0 Å². The SMILES string of the molecule is COc1cccc(OCc2cccc(C#CCN)c2)c1. The molecule has 0 aliphatic heterocycles. The van der Waals surface area contributed by atoms with E-state index in [0.29, 0.717) is 13.2 Å². The molecule has 0 spiro atoms. The number of nitrogens with two attached hydrogens (primary N) is 1. The summed E-state index contributed by atoms with van der Waals surface area (Å²) in [7, 11) is 1.64. The van der Waals surface area contributed by atoms with Crippen LogP contribution in [-0.2, 0) is 6.61 Å². The topological polar surface area (TPSA) is 44.5 Å². The highest BCUT2D eigenvalue weighted by atomic mass is 16.5. The van der Waals surface area contributed by atoms with Gasteiger partial charge in [-0.05, 0) is 29.8 Å². The molecule has 0 heterocycles. The maximum Gasteiger partial charge on any atom is 0.123 e. The molecule has 3 heteroatoms. The van der Waals surface area contributed by atoms with Gasteiger partial charge in [-0.2, -0.15) is 0 Å². The normalized spacial score (nSPS) is 9.50. The molecule has 0 unspecified atom stereocenters. The van der Waals surface area contributed by atoms with Crippen molar-refractivity contribution < 1.29 is 9.47 Å². The molecule has 0 aliphatic rings. The largest absolute Gasteiger partial charge is 0.497 e. The smallest absolute Gasteiger partial charge is 0.123 e. The molecule has 0 fully saturated rings. The third-order valence-corrected chi connectivity index (χ3v) is 2.71. The summed E-state index contributed by atoms with van der Waals surface area (Å²) >= 11 is 0. The predicted octanol–water partition coefficient (Wildman–Crippen LogP) is 2.58. The van der Waals surface area contributed by atoms with Crippen LogP contribution in [0.25, 0.3) is 0 Å². The van der Waals surface area contributed by atoms with E-state index < -0.39 is 0 Å². The van der Waals surface area contributed by atoms with Crippen LogP contribution in [0.15, 0.2) is 48.5 Å². The van der Waals surface area contributed by atoms with Crippen LogP contribution in [0, 0.1) is 11.8 Å². The van der Waals surface area contributed by atoms with Gasteiger partial charge < -0.3 is 15.2 Å². The van der Waals surface area contributed by atoms with E-state index >= 15 is 0 Å². The zero-order chi connectivity index (χ0) is 14.2. The van der Waals surface area contributed by atoms with Crippen molar-refractivity contribution in [3.05, 3.63) is 59.7 Å². The summed E-state index contributed by atoms with van der Waals surface area (Å²) < 4.78 is 10.9. The Labute approximate surface area is 119 Å². The zero-order valence-electron chi connectivity index (χ0n) is 11.4. The molecule has 2 aromatic rings. The van der Waals surface area contributed by atoms with Gasteiger partial charge in [0.1, 0.15) is 18.1 Å². The summed E-state index contributed by atoms with van der Waals surface area (Å²) in [6.45, 7) is 0.857. The first-order valence-corrected chi connectivity index (χ1v) is 6.36. The van der Waals surface area contributed by atoms with Crippen molar-refractivity contribution in [1.82, 2.24) is 0 Å². The van der Waals surface area contributed by atoms with Gasteiger partial charge in [0.05, 0.1) is 13.7 Å². The molecule has 20 heavy (non-hydrogen) atoms. The third-order valence-electron chi connectivity index (χ3n) is 2.71. The molecule has 0 saturated heterocycles. The molecule has 0 aromatic heterocycles. The molecule has 3 nitrogen and oxygen atoms in total. The second-order valence-corrected chi connectivity index (χ2v) is 4.17. The monoisotopic (exact) mass is 267 g/mol. The Hall–Kier alpha value is -2.44. The van der Waals surface area contributed by atoms with Crippen molar-refractivity contribution in [3.63, 3.8) is 0 Å². The molecular weight excluding hydrogens is 250 g/mol. The molecule has 2 aromatic carbocycles. The second kappa shape index (κ2) is 7.22. The first kappa shape index (κ1) is 14.0. The Kier molecular flexibility index (Phi) is 5.05. The van der Waals surface area contributed by atoms with E-state index in [1.165, 1.54) is 0 Å². The maximum atomic E-state index is 5.74. The van der Waals surface area contributed by atoms with Crippen molar-refractivity contribution in [3.8, 4) is 23.3 Å². The molecule has 0 amide bonds. The fourth-order valence-corrected chi connectivity index (χ4v) is 1.75. The fraction of sp³-hybridized carbons (Fsp3) is 0.176. The highest BCUT2D eigenvalue weighted by Crippen LogP contribution is 2.20. The first-order valence-electron chi connectivity index (χ1n) is 6.36. The zero-order valence-corrected chi connectivity index (χ0v) is 11.4. The lowest BCUT2D eigenvalue weighted by atomic mass is 10.1. The Morgan fingerprint density at radius 1 is 1.05 bits per heavy atom. The van der Waals surface area contributed by atoms with E-state index in [0.717, 1.165) is 22.6 Å². The van der Waals surface area contributed by atoms with Gasteiger partial charge in [0.15, 0.2) is 0 Å². The standard InChI is InChI=1S/C17H17NO2/c1-19-16-8-3-9-17(12-16)20-13-15-6-2-5-14(11-15)7-4-10-18/h2-3,5-6,8-9,11-12H,10,13,18H2,1H3. The molecule has 102 valence electrons. The molecule has 2 rings (SSSR count). The van der Waals surface area contributed by atoms with E-state index in [1.807, 2.05) is 48.5 Å². The van der Waals surface area contributed by atoms with Crippen molar-refractivity contribution in [2.75, 3.05) is 13.7 Å². The number of ether oxygens (including phenoxy) is 2. The van der Waals surface area contributed by atoms with Crippen LogP contribution in [0.1, 0.15) is 11.1 Å². The summed E-state index contributed by atoms with van der Waals surface area (Å²) in [6.07, 6.45) is 0. The van der Waals surface area contributed by atoms with E-state index in [9.17, 15) is 0 Å². The molecule has 0 saturated carbocycles. The Bertz CT molecular complexity index is 626. The Morgan fingerprint density at radius 3 is 2.65 bits per heavy atom.